The van der Waals surface area contributed by atoms with E-state index in [1.54, 1.807) is 0 Å². The number of amides is 1. The molecule has 1 saturated heterocycles. The number of benzene rings is 1. The summed E-state index contributed by atoms with van der Waals surface area (Å²) in [6.45, 7) is 5.50. The number of nitrogens with one attached hydrogen (secondary N) is 1. The monoisotopic (exact) mass is 331 g/mol. The summed E-state index contributed by atoms with van der Waals surface area (Å²) in [6, 6.07) is 8.38. The van der Waals surface area contributed by atoms with Crippen molar-refractivity contribution >= 4 is 5.91 Å². The molecule has 1 aromatic rings. The summed E-state index contributed by atoms with van der Waals surface area (Å²) < 4.78 is 5.42. The summed E-state index contributed by atoms with van der Waals surface area (Å²) in [6.07, 6.45) is 4.06. The lowest BCUT2D eigenvalue weighted by Gasteiger charge is -2.28. The minimum absolute atomic E-state index is 0.128. The van der Waals surface area contributed by atoms with Crippen LogP contribution in [0.1, 0.15) is 36.8 Å². The van der Waals surface area contributed by atoms with Crippen LogP contribution < -0.4 is 11.1 Å². The number of hydrogen-bond donors (Lipinski definition) is 2. The first-order valence-electron chi connectivity index (χ1n) is 9.09. The smallest absolute Gasteiger partial charge is 0.227 e. The van der Waals surface area contributed by atoms with Gasteiger partial charge in [-0.25, -0.2) is 0 Å². The minimum Gasteiger partial charge on any atom is -0.379 e. The van der Waals surface area contributed by atoms with Crippen LogP contribution in [0.25, 0.3) is 0 Å². The predicted molar refractivity (Wildman–Crippen MR) is 94.3 cm³/mol. The van der Waals surface area contributed by atoms with Crippen molar-refractivity contribution < 1.29 is 9.53 Å². The average Bonchev–Trinajstić information content (AvgIpc) is 3.12. The molecular formula is C19H29N3O2. The third-order valence-electron chi connectivity index (χ3n) is 5.49. The van der Waals surface area contributed by atoms with E-state index in [9.17, 15) is 4.79 Å². The van der Waals surface area contributed by atoms with Crippen molar-refractivity contribution in [2.24, 2.45) is 11.1 Å². The fourth-order valence-corrected chi connectivity index (χ4v) is 3.82. The van der Waals surface area contributed by atoms with Crippen LogP contribution in [0.4, 0.5) is 0 Å². The highest BCUT2D eigenvalue weighted by Gasteiger charge is 2.39. The van der Waals surface area contributed by atoms with Gasteiger partial charge in [0.05, 0.1) is 18.6 Å². The third kappa shape index (κ3) is 3.97. The van der Waals surface area contributed by atoms with Gasteiger partial charge in [-0.1, -0.05) is 37.1 Å². The van der Waals surface area contributed by atoms with Gasteiger partial charge in [0, 0.05) is 32.7 Å². The van der Waals surface area contributed by atoms with E-state index in [1.807, 2.05) is 6.07 Å². The Balaban J connectivity index is 1.61. The van der Waals surface area contributed by atoms with Crippen molar-refractivity contribution in [3.63, 3.8) is 0 Å². The number of nitrogens with two attached hydrogens (primary N) is 1. The first kappa shape index (κ1) is 17.4. The molecule has 1 aromatic carbocycles. The predicted octanol–water partition coefficient (Wildman–Crippen LogP) is 1.65. The Morgan fingerprint density at radius 2 is 1.83 bits per heavy atom. The first-order chi connectivity index (χ1) is 11.7. The quantitative estimate of drug-likeness (QED) is 0.832. The molecule has 1 saturated carbocycles. The molecular weight excluding hydrogens is 302 g/mol. The number of carbonyl (C=O) groups excluding carboxylic acids is 1. The summed E-state index contributed by atoms with van der Waals surface area (Å²) in [5, 5.41) is 3.15. The van der Waals surface area contributed by atoms with Crippen LogP contribution in [0, 0.1) is 5.41 Å². The normalized spacial score (nSPS) is 20.9. The number of morpholine rings is 1. The highest BCUT2D eigenvalue weighted by Crippen LogP contribution is 2.37. The number of ether oxygens (including phenoxy) is 1. The first-order valence-corrected chi connectivity index (χ1v) is 9.09. The second-order valence-electron chi connectivity index (χ2n) is 7.03. The molecule has 0 atom stereocenters. The van der Waals surface area contributed by atoms with Gasteiger partial charge >= 0.3 is 0 Å². The standard InChI is InChI=1S/C19H29N3O2/c20-15-19(7-3-4-8-19)18(23)21-13-16-5-1-2-6-17(16)14-22-9-11-24-12-10-22/h1-2,5-6H,3-4,7-15,20H2,(H,21,23). The zero-order valence-corrected chi connectivity index (χ0v) is 14.4. The molecule has 3 N–H and O–H groups in total. The number of carbonyl (C=O) groups is 1. The average molecular weight is 331 g/mol. The van der Waals surface area contributed by atoms with Gasteiger partial charge in [-0.05, 0) is 24.0 Å². The molecule has 0 bridgehead atoms. The van der Waals surface area contributed by atoms with E-state index in [-0.39, 0.29) is 11.3 Å². The number of rotatable bonds is 6. The van der Waals surface area contributed by atoms with Crippen LogP contribution in [0.3, 0.4) is 0 Å². The maximum Gasteiger partial charge on any atom is 0.227 e. The molecule has 5 nitrogen and oxygen atoms in total. The van der Waals surface area contributed by atoms with Crippen molar-refractivity contribution in [1.29, 1.82) is 0 Å². The molecule has 0 aromatic heterocycles. The van der Waals surface area contributed by atoms with E-state index >= 15 is 0 Å². The Morgan fingerprint density at radius 3 is 2.50 bits per heavy atom. The molecule has 1 aliphatic heterocycles. The van der Waals surface area contributed by atoms with Gasteiger partial charge in [-0.15, -0.1) is 0 Å². The summed E-state index contributed by atoms with van der Waals surface area (Å²) in [4.78, 5) is 15.1. The lowest BCUT2D eigenvalue weighted by atomic mass is 9.85. The molecule has 5 heteroatoms. The molecule has 1 aliphatic carbocycles. The fraction of sp³-hybridized carbons (Fsp3) is 0.632. The molecule has 0 spiro atoms. The topological polar surface area (TPSA) is 67.6 Å². The van der Waals surface area contributed by atoms with Gasteiger partial charge in [0.1, 0.15) is 0 Å². The Morgan fingerprint density at radius 1 is 1.17 bits per heavy atom. The Hall–Kier alpha value is -1.43. The van der Waals surface area contributed by atoms with Gasteiger partial charge in [0.25, 0.3) is 0 Å². The van der Waals surface area contributed by atoms with Crippen LogP contribution in [-0.4, -0.2) is 43.7 Å². The highest BCUT2D eigenvalue weighted by atomic mass is 16.5. The molecule has 3 rings (SSSR count). The Labute approximate surface area is 144 Å². The van der Waals surface area contributed by atoms with Crippen molar-refractivity contribution in [3.05, 3.63) is 35.4 Å². The Bertz CT molecular complexity index is 549. The largest absolute Gasteiger partial charge is 0.379 e. The van der Waals surface area contributed by atoms with E-state index < -0.39 is 0 Å². The van der Waals surface area contributed by atoms with Crippen molar-refractivity contribution in [2.75, 3.05) is 32.8 Å². The van der Waals surface area contributed by atoms with Crippen LogP contribution >= 0.6 is 0 Å². The molecule has 132 valence electrons. The van der Waals surface area contributed by atoms with Crippen LogP contribution in [0.15, 0.2) is 24.3 Å². The third-order valence-corrected chi connectivity index (χ3v) is 5.49. The lowest BCUT2D eigenvalue weighted by molar-refractivity contribution is -0.130. The van der Waals surface area contributed by atoms with Crippen LogP contribution in [0.2, 0.25) is 0 Å². The number of nitrogens with zero attached hydrogens (tertiary/aromatic N) is 1. The second-order valence-corrected chi connectivity index (χ2v) is 7.03. The molecule has 0 radical (unpaired) electrons. The Kier molecular flexibility index (Phi) is 5.87. The van der Waals surface area contributed by atoms with Gasteiger partial charge in [-0.3, -0.25) is 9.69 Å². The molecule has 2 fully saturated rings. The van der Waals surface area contributed by atoms with Crippen LogP contribution in [-0.2, 0) is 22.6 Å². The molecule has 0 unspecified atom stereocenters. The fourth-order valence-electron chi connectivity index (χ4n) is 3.82. The second kappa shape index (κ2) is 8.10. The molecule has 1 amide bonds. The van der Waals surface area contributed by atoms with Crippen molar-refractivity contribution in [3.8, 4) is 0 Å². The summed E-state index contributed by atoms with van der Waals surface area (Å²) >= 11 is 0. The zero-order valence-electron chi connectivity index (χ0n) is 14.4. The number of hydrogen-bond acceptors (Lipinski definition) is 4. The van der Waals surface area contributed by atoms with E-state index in [2.05, 4.69) is 28.4 Å². The van der Waals surface area contributed by atoms with Crippen molar-refractivity contribution in [2.45, 2.75) is 38.8 Å². The van der Waals surface area contributed by atoms with Gasteiger partial charge in [-0.2, -0.15) is 0 Å². The molecule has 2 aliphatic rings. The van der Waals surface area contributed by atoms with Gasteiger partial charge in [0.2, 0.25) is 5.91 Å². The van der Waals surface area contributed by atoms with E-state index in [0.717, 1.165) is 58.5 Å². The van der Waals surface area contributed by atoms with Crippen molar-refractivity contribution in [1.82, 2.24) is 10.2 Å². The van der Waals surface area contributed by atoms with Gasteiger partial charge < -0.3 is 15.8 Å². The van der Waals surface area contributed by atoms with E-state index in [4.69, 9.17) is 10.5 Å². The van der Waals surface area contributed by atoms with Gasteiger partial charge in [0.15, 0.2) is 0 Å². The summed E-state index contributed by atoms with van der Waals surface area (Å²) in [5.41, 5.74) is 8.06. The maximum atomic E-state index is 12.7. The zero-order chi connectivity index (χ0) is 16.8. The maximum absolute atomic E-state index is 12.7. The van der Waals surface area contributed by atoms with E-state index in [1.165, 1.54) is 11.1 Å². The molecule has 24 heavy (non-hydrogen) atoms. The minimum atomic E-state index is -0.334. The SMILES string of the molecule is NCC1(C(=O)NCc2ccccc2CN2CCOCC2)CCCC1. The highest BCUT2D eigenvalue weighted by molar-refractivity contribution is 5.83. The van der Waals surface area contributed by atoms with E-state index in [0.29, 0.717) is 13.1 Å². The lowest BCUT2D eigenvalue weighted by Crippen LogP contribution is -2.44. The summed E-state index contributed by atoms with van der Waals surface area (Å²) in [7, 11) is 0. The molecule has 1 heterocycles. The summed E-state index contributed by atoms with van der Waals surface area (Å²) in [5.74, 6) is 0.128. The van der Waals surface area contributed by atoms with Crippen LogP contribution in [0.5, 0.6) is 0 Å².